The average molecular weight is 257 g/mol. The summed E-state index contributed by atoms with van der Waals surface area (Å²) in [5, 5.41) is 9.99. The molecule has 0 radical (unpaired) electrons. The minimum absolute atomic E-state index is 0.359. The van der Waals surface area contributed by atoms with Crippen molar-refractivity contribution in [3.05, 3.63) is 35.9 Å². The Kier molecular flexibility index (Phi) is 7.39. The van der Waals surface area contributed by atoms with Crippen molar-refractivity contribution in [1.82, 2.24) is 4.90 Å². The molecule has 0 saturated carbocycles. The van der Waals surface area contributed by atoms with Crippen LogP contribution in [0.1, 0.15) is 19.4 Å². The van der Waals surface area contributed by atoms with E-state index in [1.165, 1.54) is 0 Å². The summed E-state index contributed by atoms with van der Waals surface area (Å²) in [6.45, 7) is 4.75. The number of benzene rings is 1. The first-order valence-corrected chi connectivity index (χ1v) is 6.14. The maximum absolute atomic E-state index is 9.99. The van der Waals surface area contributed by atoms with Crippen LogP contribution in [0.2, 0.25) is 0 Å². The van der Waals surface area contributed by atoms with E-state index < -0.39 is 6.41 Å². The molecule has 1 N–H and O–H groups in total. The molecule has 0 bridgehead atoms. The third-order valence-electron chi connectivity index (χ3n) is 2.47. The van der Waals surface area contributed by atoms with Crippen LogP contribution < -0.4 is 0 Å². The SMILES string of the molecule is CC#CCN(CC#CC)C(O)OCc1ccccc1. The van der Waals surface area contributed by atoms with Crippen LogP contribution in [0.15, 0.2) is 30.3 Å². The third-order valence-corrected chi connectivity index (χ3v) is 2.47. The van der Waals surface area contributed by atoms with Crippen LogP contribution in [0.4, 0.5) is 0 Å². The van der Waals surface area contributed by atoms with Gasteiger partial charge in [0.2, 0.25) is 6.41 Å². The van der Waals surface area contributed by atoms with Crippen LogP contribution in [0.25, 0.3) is 0 Å². The summed E-state index contributed by atoms with van der Waals surface area (Å²) in [4.78, 5) is 1.68. The highest BCUT2D eigenvalue weighted by Gasteiger charge is 2.13. The van der Waals surface area contributed by atoms with Crippen molar-refractivity contribution in [1.29, 1.82) is 0 Å². The lowest BCUT2D eigenvalue weighted by atomic mass is 10.2. The van der Waals surface area contributed by atoms with Gasteiger partial charge in [-0.05, 0) is 19.4 Å². The summed E-state index contributed by atoms with van der Waals surface area (Å²) >= 11 is 0. The summed E-state index contributed by atoms with van der Waals surface area (Å²) < 4.78 is 5.43. The van der Waals surface area contributed by atoms with E-state index in [1.807, 2.05) is 30.3 Å². The number of hydrogen-bond donors (Lipinski definition) is 1. The number of aliphatic hydroxyl groups is 1. The van der Waals surface area contributed by atoms with Gasteiger partial charge in [-0.2, -0.15) is 0 Å². The lowest BCUT2D eigenvalue weighted by Crippen LogP contribution is -2.37. The summed E-state index contributed by atoms with van der Waals surface area (Å²) in [5.41, 5.74) is 1.02. The van der Waals surface area contributed by atoms with Gasteiger partial charge >= 0.3 is 0 Å². The van der Waals surface area contributed by atoms with Crippen LogP contribution in [-0.4, -0.2) is 29.5 Å². The molecule has 0 aromatic heterocycles. The van der Waals surface area contributed by atoms with Crippen molar-refractivity contribution in [2.24, 2.45) is 0 Å². The third kappa shape index (κ3) is 6.08. The maximum Gasteiger partial charge on any atom is 0.217 e. The van der Waals surface area contributed by atoms with E-state index >= 15 is 0 Å². The monoisotopic (exact) mass is 257 g/mol. The van der Waals surface area contributed by atoms with E-state index in [0.717, 1.165) is 5.56 Å². The molecule has 19 heavy (non-hydrogen) atoms. The molecule has 1 aromatic rings. The summed E-state index contributed by atoms with van der Waals surface area (Å²) in [6, 6.07) is 9.73. The fourth-order valence-corrected chi connectivity index (χ4v) is 1.42. The van der Waals surface area contributed by atoms with E-state index in [0.29, 0.717) is 19.7 Å². The Balaban J connectivity index is 2.51. The number of ether oxygens (including phenoxy) is 1. The fraction of sp³-hybridized carbons (Fsp3) is 0.375. The van der Waals surface area contributed by atoms with Gasteiger partial charge in [-0.3, -0.25) is 0 Å². The Morgan fingerprint density at radius 2 is 1.68 bits per heavy atom. The maximum atomic E-state index is 9.99. The Morgan fingerprint density at radius 1 is 1.11 bits per heavy atom. The number of hydrogen-bond acceptors (Lipinski definition) is 3. The van der Waals surface area contributed by atoms with Crippen molar-refractivity contribution in [3.8, 4) is 23.7 Å². The molecule has 100 valence electrons. The van der Waals surface area contributed by atoms with Crippen LogP contribution in [0.3, 0.4) is 0 Å². The Bertz CT molecular complexity index is 454. The molecule has 0 spiro atoms. The van der Waals surface area contributed by atoms with E-state index in [1.54, 1.807) is 18.7 Å². The molecule has 0 aliphatic rings. The van der Waals surface area contributed by atoms with Crippen molar-refractivity contribution >= 4 is 0 Å². The molecule has 1 aromatic carbocycles. The lowest BCUT2D eigenvalue weighted by Gasteiger charge is -2.23. The minimum atomic E-state index is -0.998. The predicted octanol–water partition coefficient (Wildman–Crippen LogP) is 1.83. The Morgan fingerprint density at radius 3 is 2.21 bits per heavy atom. The zero-order valence-electron chi connectivity index (χ0n) is 11.4. The van der Waals surface area contributed by atoms with Crippen LogP contribution in [0, 0.1) is 23.7 Å². The van der Waals surface area contributed by atoms with Gasteiger partial charge in [0, 0.05) is 0 Å². The second kappa shape index (κ2) is 9.19. The van der Waals surface area contributed by atoms with Gasteiger partial charge < -0.3 is 9.84 Å². The molecule has 0 amide bonds. The number of aliphatic hydroxyl groups excluding tert-OH is 1. The van der Waals surface area contributed by atoms with Gasteiger partial charge in [-0.15, -0.1) is 11.8 Å². The quantitative estimate of drug-likeness (QED) is 0.623. The molecule has 1 rings (SSSR count). The predicted molar refractivity (Wildman–Crippen MR) is 75.7 cm³/mol. The minimum Gasteiger partial charge on any atom is -0.356 e. The van der Waals surface area contributed by atoms with Gasteiger partial charge in [0.1, 0.15) is 0 Å². The fourth-order valence-electron chi connectivity index (χ4n) is 1.42. The first kappa shape index (κ1) is 15.3. The first-order chi connectivity index (χ1) is 9.27. The van der Waals surface area contributed by atoms with Crippen LogP contribution in [-0.2, 0) is 11.3 Å². The molecule has 0 heterocycles. The number of nitrogens with zero attached hydrogens (tertiary/aromatic N) is 1. The van der Waals surface area contributed by atoms with Crippen LogP contribution in [0.5, 0.6) is 0 Å². The largest absolute Gasteiger partial charge is 0.356 e. The number of rotatable bonds is 6. The van der Waals surface area contributed by atoms with E-state index in [9.17, 15) is 5.11 Å². The van der Waals surface area contributed by atoms with Gasteiger partial charge in [-0.25, -0.2) is 4.90 Å². The standard InChI is InChI=1S/C16H19NO2/c1-3-5-12-17(13-6-4-2)16(18)19-14-15-10-8-7-9-11-15/h7-11,16,18H,12-14H2,1-2H3. The normalized spacial score (nSPS) is 11.2. The Hall–Kier alpha value is -1.78. The van der Waals surface area contributed by atoms with Crippen molar-refractivity contribution < 1.29 is 9.84 Å². The highest BCUT2D eigenvalue weighted by molar-refractivity contribution is 5.13. The topological polar surface area (TPSA) is 32.7 Å². The van der Waals surface area contributed by atoms with E-state index in [-0.39, 0.29) is 0 Å². The average Bonchev–Trinajstić information content (AvgIpc) is 2.46. The molecule has 1 atom stereocenters. The molecule has 3 nitrogen and oxygen atoms in total. The smallest absolute Gasteiger partial charge is 0.217 e. The van der Waals surface area contributed by atoms with Crippen molar-refractivity contribution in [2.75, 3.05) is 13.1 Å². The van der Waals surface area contributed by atoms with Gasteiger partial charge in [0.15, 0.2) is 0 Å². The first-order valence-electron chi connectivity index (χ1n) is 6.14. The zero-order chi connectivity index (χ0) is 13.9. The molecule has 0 aliphatic carbocycles. The summed E-state index contributed by atoms with van der Waals surface area (Å²) in [5.74, 6) is 11.4. The molecule has 1 unspecified atom stereocenters. The zero-order valence-corrected chi connectivity index (χ0v) is 11.4. The van der Waals surface area contributed by atoms with Crippen molar-refractivity contribution in [2.45, 2.75) is 26.9 Å². The Labute approximate surface area is 115 Å². The lowest BCUT2D eigenvalue weighted by molar-refractivity contribution is -0.192. The van der Waals surface area contributed by atoms with Crippen molar-refractivity contribution in [3.63, 3.8) is 0 Å². The molecular weight excluding hydrogens is 238 g/mol. The summed E-state index contributed by atoms with van der Waals surface area (Å²) in [6.07, 6.45) is -0.998. The van der Waals surface area contributed by atoms with Gasteiger partial charge in [-0.1, -0.05) is 42.2 Å². The highest BCUT2D eigenvalue weighted by atomic mass is 16.6. The second-order valence-electron chi connectivity index (χ2n) is 3.88. The molecule has 3 heteroatoms. The molecular formula is C16H19NO2. The molecule has 0 saturated heterocycles. The second-order valence-corrected chi connectivity index (χ2v) is 3.88. The van der Waals surface area contributed by atoms with Gasteiger partial charge in [0.25, 0.3) is 0 Å². The highest BCUT2D eigenvalue weighted by Crippen LogP contribution is 2.05. The van der Waals surface area contributed by atoms with Crippen LogP contribution >= 0.6 is 0 Å². The van der Waals surface area contributed by atoms with E-state index in [4.69, 9.17) is 4.74 Å². The summed E-state index contributed by atoms with van der Waals surface area (Å²) in [7, 11) is 0. The van der Waals surface area contributed by atoms with E-state index in [2.05, 4.69) is 23.7 Å². The molecule has 0 aliphatic heterocycles. The van der Waals surface area contributed by atoms with Gasteiger partial charge in [0.05, 0.1) is 19.7 Å². The molecule has 0 fully saturated rings.